The van der Waals surface area contributed by atoms with Gasteiger partial charge in [-0.2, -0.15) is 0 Å². The first-order valence-corrected chi connectivity index (χ1v) is 8.35. The minimum Gasteiger partial charge on any atom is -0.469 e. The smallest absolute Gasteiger partial charge is 0.306 e. The Kier molecular flexibility index (Phi) is 6.41. The molecule has 0 aromatic heterocycles. The molecule has 2 aromatic carbocycles. The van der Waals surface area contributed by atoms with Crippen LogP contribution in [0.3, 0.4) is 0 Å². The van der Waals surface area contributed by atoms with E-state index in [1.807, 2.05) is 30.3 Å². The van der Waals surface area contributed by atoms with Crippen molar-refractivity contribution >= 4 is 22.8 Å². The minimum absolute atomic E-state index is 0.0137. The fourth-order valence-electron chi connectivity index (χ4n) is 2.39. The molecular weight excluding hydrogens is 308 g/mol. The van der Waals surface area contributed by atoms with E-state index in [0.29, 0.717) is 6.42 Å². The standard InChI is InChI=1S/C19H20O3S/c1-14(20)23-18(13-19(21)22-2)12-15-8-10-17(11-9-15)16-6-4-3-5-7-16/h3-11,18H,12-13H2,1-2H3. The lowest BCUT2D eigenvalue weighted by Gasteiger charge is -2.14. The molecule has 0 aliphatic heterocycles. The number of rotatable bonds is 6. The van der Waals surface area contributed by atoms with E-state index in [0.717, 1.165) is 11.1 Å². The first-order valence-electron chi connectivity index (χ1n) is 7.47. The van der Waals surface area contributed by atoms with Gasteiger partial charge in [-0.3, -0.25) is 9.59 Å². The minimum atomic E-state index is -0.287. The molecular formula is C19H20O3S. The molecule has 23 heavy (non-hydrogen) atoms. The highest BCUT2D eigenvalue weighted by atomic mass is 32.2. The summed E-state index contributed by atoms with van der Waals surface area (Å²) in [6.07, 6.45) is 0.898. The molecule has 0 aliphatic carbocycles. The zero-order valence-electron chi connectivity index (χ0n) is 13.3. The molecule has 0 spiro atoms. The summed E-state index contributed by atoms with van der Waals surface area (Å²) in [6, 6.07) is 18.4. The van der Waals surface area contributed by atoms with Crippen LogP contribution in [0.15, 0.2) is 54.6 Å². The predicted octanol–water partition coefficient (Wildman–Crippen LogP) is 4.11. The van der Waals surface area contributed by atoms with Crippen molar-refractivity contribution in [3.05, 3.63) is 60.2 Å². The largest absolute Gasteiger partial charge is 0.469 e. The van der Waals surface area contributed by atoms with E-state index in [-0.39, 0.29) is 22.8 Å². The summed E-state index contributed by atoms with van der Waals surface area (Å²) in [6.45, 7) is 1.52. The van der Waals surface area contributed by atoms with Gasteiger partial charge in [0.25, 0.3) is 0 Å². The van der Waals surface area contributed by atoms with Crippen LogP contribution in [-0.2, 0) is 20.7 Å². The summed E-state index contributed by atoms with van der Waals surface area (Å²) in [5, 5.41) is -0.0812. The second-order valence-corrected chi connectivity index (χ2v) is 6.76. The monoisotopic (exact) mass is 328 g/mol. The summed E-state index contributed by atoms with van der Waals surface area (Å²) in [4.78, 5) is 22.9. The molecule has 0 saturated heterocycles. The number of ether oxygens (including phenoxy) is 1. The molecule has 3 nitrogen and oxygen atoms in total. The quantitative estimate of drug-likeness (QED) is 0.749. The highest BCUT2D eigenvalue weighted by Crippen LogP contribution is 2.24. The first kappa shape index (κ1) is 17.3. The number of carbonyl (C=O) groups excluding carboxylic acids is 2. The van der Waals surface area contributed by atoms with Gasteiger partial charge in [-0.05, 0) is 23.1 Å². The van der Waals surface area contributed by atoms with Gasteiger partial charge in [-0.25, -0.2) is 0 Å². The fraction of sp³-hybridized carbons (Fsp3) is 0.263. The van der Waals surface area contributed by atoms with Crippen LogP contribution in [0.5, 0.6) is 0 Å². The molecule has 2 rings (SSSR count). The predicted molar refractivity (Wildman–Crippen MR) is 94.3 cm³/mol. The second kappa shape index (κ2) is 8.53. The molecule has 0 heterocycles. The van der Waals surface area contributed by atoms with Gasteiger partial charge in [-0.15, -0.1) is 0 Å². The summed E-state index contributed by atoms with van der Waals surface area (Å²) in [7, 11) is 1.37. The maximum Gasteiger partial charge on any atom is 0.306 e. The van der Waals surface area contributed by atoms with E-state index in [1.165, 1.54) is 31.4 Å². The van der Waals surface area contributed by atoms with Crippen molar-refractivity contribution in [2.45, 2.75) is 25.0 Å². The van der Waals surface area contributed by atoms with Gasteiger partial charge in [0.15, 0.2) is 5.12 Å². The Bertz CT molecular complexity index is 650. The Balaban J connectivity index is 2.07. The SMILES string of the molecule is COC(=O)CC(Cc1ccc(-c2ccccc2)cc1)SC(C)=O. The normalized spacial score (nSPS) is 11.7. The third-order valence-corrected chi connectivity index (χ3v) is 4.48. The van der Waals surface area contributed by atoms with Gasteiger partial charge in [0.1, 0.15) is 0 Å². The van der Waals surface area contributed by atoms with Gasteiger partial charge in [0.05, 0.1) is 13.5 Å². The molecule has 1 atom stereocenters. The van der Waals surface area contributed by atoms with Gasteiger partial charge in [-0.1, -0.05) is 66.4 Å². The lowest BCUT2D eigenvalue weighted by molar-refractivity contribution is -0.140. The summed E-state index contributed by atoms with van der Waals surface area (Å²) in [5.74, 6) is -0.287. The Morgan fingerprint density at radius 3 is 2.17 bits per heavy atom. The van der Waals surface area contributed by atoms with Crippen molar-refractivity contribution in [3.63, 3.8) is 0 Å². The van der Waals surface area contributed by atoms with Crippen molar-refractivity contribution in [2.24, 2.45) is 0 Å². The summed E-state index contributed by atoms with van der Waals surface area (Å²) < 4.78 is 4.71. The molecule has 0 radical (unpaired) electrons. The van der Waals surface area contributed by atoms with Crippen molar-refractivity contribution in [3.8, 4) is 11.1 Å². The van der Waals surface area contributed by atoms with Crippen LogP contribution in [-0.4, -0.2) is 23.4 Å². The Morgan fingerprint density at radius 1 is 1.00 bits per heavy atom. The Morgan fingerprint density at radius 2 is 1.61 bits per heavy atom. The number of hydrogen-bond donors (Lipinski definition) is 0. The molecule has 120 valence electrons. The third-order valence-electron chi connectivity index (χ3n) is 3.48. The Hall–Kier alpha value is -2.07. The number of benzene rings is 2. The molecule has 1 unspecified atom stereocenters. The highest BCUT2D eigenvalue weighted by Gasteiger charge is 2.17. The van der Waals surface area contributed by atoms with Crippen molar-refractivity contribution in [1.82, 2.24) is 0 Å². The van der Waals surface area contributed by atoms with Gasteiger partial charge in [0, 0.05) is 12.2 Å². The average Bonchev–Trinajstić information content (AvgIpc) is 2.55. The van der Waals surface area contributed by atoms with Gasteiger partial charge < -0.3 is 4.74 Å². The van der Waals surface area contributed by atoms with E-state index in [4.69, 9.17) is 4.74 Å². The maximum absolute atomic E-state index is 11.5. The van der Waals surface area contributed by atoms with Crippen molar-refractivity contribution < 1.29 is 14.3 Å². The molecule has 0 amide bonds. The average molecular weight is 328 g/mol. The molecule has 0 N–H and O–H groups in total. The number of carbonyl (C=O) groups is 2. The van der Waals surface area contributed by atoms with Crippen LogP contribution in [0.1, 0.15) is 18.9 Å². The van der Waals surface area contributed by atoms with Crippen LogP contribution in [0, 0.1) is 0 Å². The fourth-order valence-corrected chi connectivity index (χ4v) is 3.35. The van der Waals surface area contributed by atoms with E-state index in [2.05, 4.69) is 24.3 Å². The molecule has 2 aromatic rings. The Labute approximate surface area is 141 Å². The zero-order chi connectivity index (χ0) is 16.7. The van der Waals surface area contributed by atoms with Crippen LogP contribution < -0.4 is 0 Å². The topological polar surface area (TPSA) is 43.4 Å². The third kappa shape index (κ3) is 5.57. The van der Waals surface area contributed by atoms with E-state index in [1.54, 1.807) is 0 Å². The second-order valence-electron chi connectivity index (χ2n) is 5.28. The maximum atomic E-state index is 11.5. The zero-order valence-corrected chi connectivity index (χ0v) is 14.1. The molecule has 0 fully saturated rings. The number of esters is 1. The van der Waals surface area contributed by atoms with Gasteiger partial charge in [0.2, 0.25) is 0 Å². The lowest BCUT2D eigenvalue weighted by Crippen LogP contribution is -2.16. The number of hydrogen-bond acceptors (Lipinski definition) is 4. The van der Waals surface area contributed by atoms with E-state index >= 15 is 0 Å². The summed E-state index contributed by atoms with van der Waals surface area (Å²) >= 11 is 1.20. The van der Waals surface area contributed by atoms with Crippen LogP contribution in [0.4, 0.5) is 0 Å². The summed E-state index contributed by atoms with van der Waals surface area (Å²) in [5.41, 5.74) is 3.42. The van der Waals surface area contributed by atoms with E-state index < -0.39 is 0 Å². The van der Waals surface area contributed by atoms with Crippen LogP contribution in [0.25, 0.3) is 11.1 Å². The molecule has 0 aliphatic rings. The highest BCUT2D eigenvalue weighted by molar-refractivity contribution is 8.14. The molecule has 0 saturated carbocycles. The first-order chi connectivity index (χ1) is 11.1. The van der Waals surface area contributed by atoms with E-state index in [9.17, 15) is 9.59 Å². The van der Waals surface area contributed by atoms with Gasteiger partial charge >= 0.3 is 5.97 Å². The van der Waals surface area contributed by atoms with Crippen molar-refractivity contribution in [2.75, 3.05) is 7.11 Å². The number of methoxy groups -OCH3 is 1. The van der Waals surface area contributed by atoms with Crippen LogP contribution >= 0.6 is 11.8 Å². The van der Waals surface area contributed by atoms with Crippen molar-refractivity contribution in [1.29, 1.82) is 0 Å². The molecule has 0 bridgehead atoms. The molecule has 4 heteroatoms. The lowest BCUT2D eigenvalue weighted by atomic mass is 10.0. The number of thioether (sulfide) groups is 1. The van der Waals surface area contributed by atoms with Crippen LogP contribution in [0.2, 0.25) is 0 Å².